The molecule has 2 aromatic carbocycles. The first-order chi connectivity index (χ1) is 10.9. The van der Waals surface area contributed by atoms with E-state index in [0.29, 0.717) is 5.56 Å². The van der Waals surface area contributed by atoms with Crippen molar-refractivity contribution in [3.63, 3.8) is 0 Å². The molecule has 0 fully saturated rings. The molecule has 0 aliphatic rings. The number of halogens is 1. The van der Waals surface area contributed by atoms with Gasteiger partial charge in [-0.2, -0.15) is 0 Å². The Morgan fingerprint density at radius 2 is 1.70 bits per heavy atom. The van der Waals surface area contributed by atoms with Crippen LogP contribution < -0.4 is 10.0 Å². The predicted octanol–water partition coefficient (Wildman–Crippen LogP) is 2.27. The van der Waals surface area contributed by atoms with E-state index in [1.807, 2.05) is 0 Å². The number of sulfonamides is 1. The lowest BCUT2D eigenvalue weighted by atomic mass is 10.2. The van der Waals surface area contributed by atoms with Crippen LogP contribution in [0, 0.1) is 5.82 Å². The monoisotopic (exact) mass is 336 g/mol. The number of para-hydroxylation sites is 1. The van der Waals surface area contributed by atoms with Gasteiger partial charge >= 0.3 is 0 Å². The Kier molecular flexibility index (Phi) is 5.46. The van der Waals surface area contributed by atoms with Crippen LogP contribution in [0.1, 0.15) is 12.5 Å². The van der Waals surface area contributed by atoms with Gasteiger partial charge in [0.25, 0.3) is 0 Å². The van der Waals surface area contributed by atoms with Gasteiger partial charge in [0, 0.05) is 0 Å². The fourth-order valence-electron chi connectivity index (χ4n) is 1.96. The van der Waals surface area contributed by atoms with E-state index in [4.69, 9.17) is 0 Å². The number of hydrogen-bond acceptors (Lipinski definition) is 3. The maximum atomic E-state index is 13.5. The zero-order valence-corrected chi connectivity index (χ0v) is 13.3. The molecule has 0 spiro atoms. The van der Waals surface area contributed by atoms with Crippen LogP contribution in [0.3, 0.4) is 0 Å². The van der Waals surface area contributed by atoms with Crippen LogP contribution in [0.2, 0.25) is 0 Å². The molecule has 0 aliphatic carbocycles. The van der Waals surface area contributed by atoms with Crippen molar-refractivity contribution in [3.05, 3.63) is 66.0 Å². The molecular weight excluding hydrogens is 319 g/mol. The standard InChI is InChI=1S/C16H17FN2O3S/c1-12(16(20)18-15-10-6-5-9-14(15)17)19-23(21,22)11-13-7-3-2-4-8-13/h2-10,12,19H,11H2,1H3,(H,18,20). The van der Waals surface area contributed by atoms with Gasteiger partial charge in [-0.1, -0.05) is 42.5 Å². The molecule has 0 bridgehead atoms. The lowest BCUT2D eigenvalue weighted by Gasteiger charge is -2.14. The minimum Gasteiger partial charge on any atom is -0.322 e. The third-order valence-corrected chi connectivity index (χ3v) is 4.51. The minimum absolute atomic E-state index is 0.00612. The van der Waals surface area contributed by atoms with Gasteiger partial charge in [0.15, 0.2) is 0 Å². The number of amides is 1. The van der Waals surface area contributed by atoms with Gasteiger partial charge in [-0.25, -0.2) is 17.5 Å². The third-order valence-electron chi connectivity index (χ3n) is 3.08. The molecule has 0 saturated heterocycles. The molecule has 7 heteroatoms. The van der Waals surface area contributed by atoms with Crippen LogP contribution in [0.25, 0.3) is 0 Å². The molecule has 5 nitrogen and oxygen atoms in total. The predicted molar refractivity (Wildman–Crippen MR) is 86.7 cm³/mol. The second kappa shape index (κ2) is 7.34. The number of hydrogen-bond donors (Lipinski definition) is 2. The van der Waals surface area contributed by atoms with Crippen LogP contribution in [0.4, 0.5) is 10.1 Å². The molecule has 23 heavy (non-hydrogen) atoms. The van der Waals surface area contributed by atoms with Crippen molar-refractivity contribution in [1.82, 2.24) is 4.72 Å². The molecule has 1 atom stereocenters. The summed E-state index contributed by atoms with van der Waals surface area (Å²) in [6, 6.07) is 13.3. The van der Waals surface area contributed by atoms with E-state index in [9.17, 15) is 17.6 Å². The van der Waals surface area contributed by atoms with E-state index in [0.717, 1.165) is 0 Å². The Labute approximate surface area is 134 Å². The first-order valence-corrected chi connectivity index (χ1v) is 8.62. The molecule has 0 radical (unpaired) electrons. The van der Waals surface area contributed by atoms with Gasteiger partial charge in [0.05, 0.1) is 17.5 Å². The first kappa shape index (κ1) is 17.1. The third kappa shape index (κ3) is 5.15. The summed E-state index contributed by atoms with van der Waals surface area (Å²) in [6.45, 7) is 1.40. The number of anilines is 1. The van der Waals surface area contributed by atoms with E-state index in [1.54, 1.807) is 36.4 Å². The van der Waals surface area contributed by atoms with Gasteiger partial charge in [-0.15, -0.1) is 0 Å². The lowest BCUT2D eigenvalue weighted by Crippen LogP contribution is -2.42. The number of carbonyl (C=O) groups is 1. The molecule has 1 amide bonds. The van der Waals surface area contributed by atoms with Crippen LogP contribution in [-0.2, 0) is 20.6 Å². The van der Waals surface area contributed by atoms with Crippen molar-refractivity contribution < 1.29 is 17.6 Å². The highest BCUT2D eigenvalue weighted by Gasteiger charge is 2.21. The van der Waals surface area contributed by atoms with Gasteiger partial charge in [-0.05, 0) is 24.6 Å². The summed E-state index contributed by atoms with van der Waals surface area (Å²) in [7, 11) is -3.69. The molecule has 0 heterocycles. The number of carbonyl (C=O) groups excluding carboxylic acids is 1. The Morgan fingerprint density at radius 3 is 2.35 bits per heavy atom. The van der Waals surface area contributed by atoms with Gasteiger partial charge in [0.1, 0.15) is 5.82 Å². The average Bonchev–Trinajstić information content (AvgIpc) is 2.49. The summed E-state index contributed by atoms with van der Waals surface area (Å²) in [5, 5.41) is 2.36. The lowest BCUT2D eigenvalue weighted by molar-refractivity contribution is -0.117. The van der Waals surface area contributed by atoms with Crippen molar-refractivity contribution in [1.29, 1.82) is 0 Å². The van der Waals surface area contributed by atoms with E-state index in [-0.39, 0.29) is 11.4 Å². The van der Waals surface area contributed by atoms with Gasteiger partial charge in [-0.3, -0.25) is 4.79 Å². The normalized spacial score (nSPS) is 12.6. The van der Waals surface area contributed by atoms with Crippen molar-refractivity contribution in [2.75, 3.05) is 5.32 Å². The highest BCUT2D eigenvalue weighted by atomic mass is 32.2. The largest absolute Gasteiger partial charge is 0.322 e. The van der Waals surface area contributed by atoms with E-state index >= 15 is 0 Å². The number of nitrogens with one attached hydrogen (secondary N) is 2. The van der Waals surface area contributed by atoms with Crippen LogP contribution in [-0.4, -0.2) is 20.4 Å². The molecule has 0 aromatic heterocycles. The van der Waals surface area contributed by atoms with Crippen LogP contribution in [0.15, 0.2) is 54.6 Å². The minimum atomic E-state index is -3.69. The summed E-state index contributed by atoms with van der Waals surface area (Å²) < 4.78 is 39.9. The molecule has 122 valence electrons. The Bertz CT molecular complexity index is 779. The smallest absolute Gasteiger partial charge is 0.242 e. The van der Waals surface area contributed by atoms with Crippen molar-refractivity contribution in [2.45, 2.75) is 18.7 Å². The second-order valence-electron chi connectivity index (χ2n) is 5.05. The number of rotatable bonds is 6. The summed E-state index contributed by atoms with van der Waals surface area (Å²) in [4.78, 5) is 12.0. The van der Waals surface area contributed by atoms with Crippen LogP contribution >= 0.6 is 0 Å². The van der Waals surface area contributed by atoms with Crippen LogP contribution in [0.5, 0.6) is 0 Å². The highest BCUT2D eigenvalue weighted by Crippen LogP contribution is 2.13. The molecule has 0 saturated carbocycles. The van der Waals surface area contributed by atoms with Crippen molar-refractivity contribution in [3.8, 4) is 0 Å². The zero-order valence-electron chi connectivity index (χ0n) is 12.5. The van der Waals surface area contributed by atoms with Gasteiger partial charge < -0.3 is 5.32 Å². The van der Waals surface area contributed by atoms with E-state index < -0.39 is 27.8 Å². The quantitative estimate of drug-likeness (QED) is 0.850. The maximum Gasteiger partial charge on any atom is 0.242 e. The molecule has 1 unspecified atom stereocenters. The topological polar surface area (TPSA) is 75.3 Å². The fraction of sp³-hybridized carbons (Fsp3) is 0.188. The Hall–Kier alpha value is -2.25. The molecule has 0 aliphatic heterocycles. The Morgan fingerprint density at radius 1 is 1.09 bits per heavy atom. The SMILES string of the molecule is CC(NS(=O)(=O)Cc1ccccc1)C(=O)Nc1ccccc1F. The Balaban J connectivity index is 1.99. The average molecular weight is 336 g/mol. The maximum absolute atomic E-state index is 13.5. The van der Waals surface area contributed by atoms with Crippen molar-refractivity contribution >= 4 is 21.6 Å². The molecule has 2 aromatic rings. The molecular formula is C16H17FN2O3S. The fourth-order valence-corrected chi connectivity index (χ4v) is 3.32. The first-order valence-electron chi connectivity index (χ1n) is 6.97. The van der Waals surface area contributed by atoms with E-state index in [2.05, 4.69) is 10.0 Å². The second-order valence-corrected chi connectivity index (χ2v) is 6.81. The number of benzene rings is 2. The molecule has 2 rings (SSSR count). The van der Waals surface area contributed by atoms with E-state index in [1.165, 1.54) is 25.1 Å². The summed E-state index contributed by atoms with van der Waals surface area (Å²) >= 11 is 0. The summed E-state index contributed by atoms with van der Waals surface area (Å²) in [6.07, 6.45) is 0. The zero-order chi connectivity index (χ0) is 16.9. The van der Waals surface area contributed by atoms with Crippen molar-refractivity contribution in [2.24, 2.45) is 0 Å². The summed E-state index contributed by atoms with van der Waals surface area (Å²) in [5.74, 6) is -1.45. The molecule has 2 N–H and O–H groups in total. The highest BCUT2D eigenvalue weighted by molar-refractivity contribution is 7.88. The van der Waals surface area contributed by atoms with Gasteiger partial charge in [0.2, 0.25) is 15.9 Å². The summed E-state index contributed by atoms with van der Waals surface area (Å²) in [5.41, 5.74) is 0.619.